The van der Waals surface area contributed by atoms with Gasteiger partial charge in [0.2, 0.25) is 10.0 Å². The van der Waals surface area contributed by atoms with Gasteiger partial charge in [-0.15, -0.1) is 0 Å². The lowest BCUT2D eigenvalue weighted by atomic mass is 9.83. The van der Waals surface area contributed by atoms with Crippen LogP contribution in [-0.4, -0.2) is 42.6 Å². The van der Waals surface area contributed by atoms with Crippen LogP contribution >= 0.6 is 0 Å². The Morgan fingerprint density at radius 3 is 2.05 bits per heavy atom. The lowest BCUT2D eigenvalue weighted by Crippen LogP contribution is -2.43. The standard InChI is InChI=1S/C30H27NO5S/c1-2-31(25-9-5-7-19-6-3-4-8-24(19)25)37(34,35)27-18-26-28(20-10-14-22(32)15-11-20)29(30(27)36-26)21-12-16-23(33)17-13-21/h3-17,26-27,30,32-33H,2,18H2,1H3/t26-,27+,30+/m1/s1. The van der Waals surface area contributed by atoms with Crippen molar-refractivity contribution in [2.24, 2.45) is 0 Å². The fraction of sp³-hybridized carbons (Fsp3) is 0.200. The highest BCUT2D eigenvalue weighted by Crippen LogP contribution is 2.51. The molecular formula is C30H27NO5S. The zero-order valence-corrected chi connectivity index (χ0v) is 21.1. The molecular weight excluding hydrogens is 486 g/mol. The second kappa shape index (κ2) is 8.94. The number of sulfonamides is 1. The third-order valence-electron chi connectivity index (χ3n) is 7.36. The summed E-state index contributed by atoms with van der Waals surface area (Å²) in [6.45, 7) is 2.15. The average molecular weight is 514 g/mol. The summed E-state index contributed by atoms with van der Waals surface area (Å²) in [4.78, 5) is 0. The normalized spacial score (nSPS) is 21.1. The predicted octanol–water partition coefficient (Wildman–Crippen LogP) is 5.56. The molecule has 0 saturated carbocycles. The second-order valence-electron chi connectivity index (χ2n) is 9.45. The first-order valence-electron chi connectivity index (χ1n) is 12.4. The molecule has 0 unspecified atom stereocenters. The Kier molecular flexibility index (Phi) is 5.70. The largest absolute Gasteiger partial charge is 0.508 e. The van der Waals surface area contributed by atoms with Crippen molar-refractivity contribution in [1.82, 2.24) is 0 Å². The van der Waals surface area contributed by atoms with Crippen LogP contribution in [0.4, 0.5) is 5.69 Å². The summed E-state index contributed by atoms with van der Waals surface area (Å²) in [5.74, 6) is 0.297. The monoisotopic (exact) mass is 513 g/mol. The molecule has 3 atom stereocenters. The molecule has 2 aliphatic rings. The van der Waals surface area contributed by atoms with E-state index in [-0.39, 0.29) is 11.5 Å². The van der Waals surface area contributed by atoms with E-state index in [1.54, 1.807) is 36.4 Å². The maximum absolute atomic E-state index is 14.3. The lowest BCUT2D eigenvalue weighted by Gasteiger charge is -2.31. The molecule has 7 heteroatoms. The molecule has 4 aromatic rings. The number of fused-ring (bicyclic) bond motifs is 3. The number of hydrogen-bond donors (Lipinski definition) is 2. The molecule has 6 rings (SSSR count). The van der Waals surface area contributed by atoms with Gasteiger partial charge in [0.1, 0.15) is 22.9 Å². The Hall–Kier alpha value is -3.81. The molecule has 4 aromatic carbocycles. The summed E-state index contributed by atoms with van der Waals surface area (Å²) in [7, 11) is -3.80. The fourth-order valence-corrected chi connectivity index (χ4v) is 7.77. The molecule has 2 bridgehead atoms. The van der Waals surface area contributed by atoms with E-state index in [4.69, 9.17) is 4.74 Å². The van der Waals surface area contributed by atoms with Gasteiger partial charge >= 0.3 is 0 Å². The smallest absolute Gasteiger partial charge is 0.241 e. The number of ether oxygens (including phenoxy) is 1. The highest BCUT2D eigenvalue weighted by molar-refractivity contribution is 7.93. The van der Waals surface area contributed by atoms with Crippen LogP contribution in [0.25, 0.3) is 21.9 Å². The van der Waals surface area contributed by atoms with Crippen molar-refractivity contribution in [2.45, 2.75) is 30.8 Å². The highest BCUT2D eigenvalue weighted by atomic mass is 32.2. The molecule has 0 aliphatic carbocycles. The van der Waals surface area contributed by atoms with Crippen LogP contribution < -0.4 is 4.31 Å². The Bertz CT molecular complexity index is 1610. The second-order valence-corrected chi connectivity index (χ2v) is 11.5. The van der Waals surface area contributed by atoms with E-state index in [0.29, 0.717) is 18.7 Å². The van der Waals surface area contributed by atoms with Gasteiger partial charge in [-0.25, -0.2) is 8.42 Å². The number of phenolic OH excluding ortho intramolecular Hbond substituents is 2. The summed E-state index contributed by atoms with van der Waals surface area (Å²) in [6, 6.07) is 27.2. The van der Waals surface area contributed by atoms with Gasteiger partial charge in [0.25, 0.3) is 0 Å². The molecule has 2 N–H and O–H groups in total. The SMILES string of the molecule is CCN(c1cccc2ccccc12)S(=O)(=O)[C@H]1C[C@H]2O[C@@H]1C(c1ccc(O)cc1)=C2c1ccc(O)cc1. The number of phenols is 2. The van der Waals surface area contributed by atoms with E-state index in [2.05, 4.69) is 0 Å². The molecule has 0 spiro atoms. The van der Waals surface area contributed by atoms with Gasteiger partial charge in [-0.3, -0.25) is 4.31 Å². The van der Waals surface area contributed by atoms with Crippen LogP contribution in [0.2, 0.25) is 0 Å². The molecule has 6 nitrogen and oxygen atoms in total. The van der Waals surface area contributed by atoms with Crippen LogP contribution in [0.5, 0.6) is 11.5 Å². The molecule has 0 amide bonds. The third kappa shape index (κ3) is 3.86. The Morgan fingerprint density at radius 1 is 0.811 bits per heavy atom. The number of anilines is 1. The average Bonchev–Trinajstić information content (AvgIpc) is 3.50. The van der Waals surface area contributed by atoms with E-state index in [9.17, 15) is 18.6 Å². The molecule has 188 valence electrons. The molecule has 2 aliphatic heterocycles. The maximum Gasteiger partial charge on any atom is 0.241 e. The van der Waals surface area contributed by atoms with Crippen LogP contribution in [0, 0.1) is 0 Å². The minimum atomic E-state index is -3.80. The van der Waals surface area contributed by atoms with E-state index in [1.807, 2.05) is 61.5 Å². The Labute approximate surface area is 216 Å². The quantitative estimate of drug-likeness (QED) is 0.353. The topological polar surface area (TPSA) is 87.1 Å². The van der Waals surface area contributed by atoms with Crippen molar-refractivity contribution in [3.05, 3.63) is 102 Å². The Morgan fingerprint density at radius 2 is 1.41 bits per heavy atom. The summed E-state index contributed by atoms with van der Waals surface area (Å²) in [5, 5.41) is 20.8. The van der Waals surface area contributed by atoms with Crippen LogP contribution in [0.3, 0.4) is 0 Å². The molecule has 37 heavy (non-hydrogen) atoms. The van der Waals surface area contributed by atoms with Gasteiger partial charge in [-0.05, 0) is 71.3 Å². The maximum atomic E-state index is 14.3. The number of nitrogens with zero attached hydrogens (tertiary/aromatic N) is 1. The van der Waals surface area contributed by atoms with Crippen molar-refractivity contribution < 1.29 is 23.4 Å². The van der Waals surface area contributed by atoms with Gasteiger partial charge in [0, 0.05) is 11.9 Å². The van der Waals surface area contributed by atoms with E-state index in [0.717, 1.165) is 33.0 Å². The van der Waals surface area contributed by atoms with Crippen molar-refractivity contribution in [3.8, 4) is 11.5 Å². The summed E-state index contributed by atoms with van der Waals surface area (Å²) in [5.41, 5.74) is 4.09. The predicted molar refractivity (Wildman–Crippen MR) is 146 cm³/mol. The first-order valence-corrected chi connectivity index (χ1v) is 13.9. The van der Waals surface area contributed by atoms with Crippen molar-refractivity contribution in [3.63, 3.8) is 0 Å². The minimum Gasteiger partial charge on any atom is -0.508 e. The molecule has 1 fully saturated rings. The van der Waals surface area contributed by atoms with Crippen molar-refractivity contribution >= 4 is 37.6 Å². The van der Waals surface area contributed by atoms with Crippen LogP contribution in [0.1, 0.15) is 24.5 Å². The van der Waals surface area contributed by atoms with Gasteiger partial charge in [0.05, 0.1) is 11.8 Å². The lowest BCUT2D eigenvalue weighted by molar-refractivity contribution is 0.128. The summed E-state index contributed by atoms with van der Waals surface area (Å²) in [6.07, 6.45) is -0.719. The Balaban J connectivity index is 1.46. The van der Waals surface area contributed by atoms with E-state index in [1.165, 1.54) is 4.31 Å². The minimum absolute atomic E-state index is 0.136. The first kappa shape index (κ1) is 23.6. The van der Waals surface area contributed by atoms with Crippen molar-refractivity contribution in [2.75, 3.05) is 10.8 Å². The van der Waals surface area contributed by atoms with Gasteiger partial charge < -0.3 is 14.9 Å². The van der Waals surface area contributed by atoms with Gasteiger partial charge in [-0.1, -0.05) is 60.7 Å². The number of rotatable bonds is 6. The molecule has 2 heterocycles. The first-order chi connectivity index (χ1) is 17.9. The molecule has 0 radical (unpaired) electrons. The number of benzene rings is 4. The van der Waals surface area contributed by atoms with Crippen molar-refractivity contribution in [1.29, 1.82) is 0 Å². The zero-order chi connectivity index (χ0) is 25.7. The van der Waals surface area contributed by atoms with E-state index >= 15 is 0 Å². The van der Waals surface area contributed by atoms with E-state index < -0.39 is 27.5 Å². The van der Waals surface area contributed by atoms with Crippen LogP contribution in [-0.2, 0) is 14.8 Å². The number of aromatic hydroxyl groups is 2. The van der Waals surface area contributed by atoms with Crippen LogP contribution in [0.15, 0.2) is 91.0 Å². The zero-order valence-electron chi connectivity index (χ0n) is 20.3. The highest BCUT2D eigenvalue weighted by Gasteiger charge is 2.54. The molecule has 1 saturated heterocycles. The van der Waals surface area contributed by atoms with Gasteiger partial charge in [-0.2, -0.15) is 0 Å². The fourth-order valence-electron chi connectivity index (χ4n) is 5.72. The summed E-state index contributed by atoms with van der Waals surface area (Å²) < 4.78 is 36.4. The third-order valence-corrected chi connectivity index (χ3v) is 9.63. The summed E-state index contributed by atoms with van der Waals surface area (Å²) >= 11 is 0. The number of hydrogen-bond acceptors (Lipinski definition) is 5. The molecule has 0 aromatic heterocycles. The van der Waals surface area contributed by atoms with Gasteiger partial charge in [0.15, 0.2) is 0 Å².